The van der Waals surface area contributed by atoms with Gasteiger partial charge in [0.05, 0.1) is 0 Å². The van der Waals surface area contributed by atoms with Gasteiger partial charge in [-0.1, -0.05) is 6.42 Å². The lowest BCUT2D eigenvalue weighted by Gasteiger charge is -2.38. The Bertz CT molecular complexity index is 170. The molecule has 0 saturated carbocycles. The Labute approximate surface area is 94.6 Å². The molecule has 0 aliphatic carbocycles. The lowest BCUT2D eigenvalue weighted by Crippen LogP contribution is -2.50. The number of hydrogen-bond donors (Lipinski definition) is 1. The third-order valence-electron chi connectivity index (χ3n) is 3.32. The van der Waals surface area contributed by atoms with Crippen LogP contribution in [0.3, 0.4) is 0 Å². The van der Waals surface area contributed by atoms with E-state index in [2.05, 4.69) is 30.7 Å². The number of nitrogens with zero attached hydrogens (tertiary/aromatic N) is 2. The van der Waals surface area contributed by atoms with Crippen molar-refractivity contribution in [3.63, 3.8) is 0 Å². The summed E-state index contributed by atoms with van der Waals surface area (Å²) in [6.07, 6.45) is 3.74. The Morgan fingerprint density at radius 3 is 2.67 bits per heavy atom. The number of nitrogens with two attached hydrogens (primary N) is 1. The van der Waals surface area contributed by atoms with Crippen molar-refractivity contribution in [2.75, 3.05) is 33.2 Å². The zero-order chi connectivity index (χ0) is 11.3. The molecule has 90 valence electrons. The smallest absolute Gasteiger partial charge is 0.0195 e. The first-order chi connectivity index (χ1) is 7.09. The van der Waals surface area contributed by atoms with Gasteiger partial charge in [0, 0.05) is 31.7 Å². The van der Waals surface area contributed by atoms with Crippen LogP contribution in [-0.4, -0.2) is 55.1 Å². The van der Waals surface area contributed by atoms with Crippen LogP contribution in [0.5, 0.6) is 0 Å². The molecule has 1 saturated heterocycles. The van der Waals surface area contributed by atoms with Crippen molar-refractivity contribution >= 4 is 0 Å². The monoisotopic (exact) mass is 213 g/mol. The van der Waals surface area contributed by atoms with E-state index in [1.54, 1.807) is 0 Å². The Morgan fingerprint density at radius 1 is 1.33 bits per heavy atom. The summed E-state index contributed by atoms with van der Waals surface area (Å²) in [4.78, 5) is 5.03. The Balaban J connectivity index is 2.10. The van der Waals surface area contributed by atoms with Crippen molar-refractivity contribution in [3.05, 3.63) is 0 Å². The van der Waals surface area contributed by atoms with Gasteiger partial charge in [-0.25, -0.2) is 0 Å². The molecule has 2 N–H and O–H groups in total. The van der Waals surface area contributed by atoms with Crippen molar-refractivity contribution in [1.29, 1.82) is 0 Å². The van der Waals surface area contributed by atoms with Gasteiger partial charge in [-0.3, -0.25) is 4.90 Å². The van der Waals surface area contributed by atoms with Crippen molar-refractivity contribution in [1.82, 2.24) is 9.80 Å². The molecule has 0 bridgehead atoms. The highest BCUT2D eigenvalue weighted by Gasteiger charge is 2.20. The van der Waals surface area contributed by atoms with E-state index in [-0.39, 0.29) is 0 Å². The third kappa shape index (κ3) is 4.96. The van der Waals surface area contributed by atoms with Crippen LogP contribution in [-0.2, 0) is 0 Å². The Morgan fingerprint density at radius 2 is 2.07 bits per heavy atom. The Hall–Kier alpha value is -0.120. The van der Waals surface area contributed by atoms with Crippen LogP contribution in [0.25, 0.3) is 0 Å². The van der Waals surface area contributed by atoms with Gasteiger partial charge in [0.15, 0.2) is 0 Å². The lowest BCUT2D eigenvalue weighted by atomic mass is 10.1. The van der Waals surface area contributed by atoms with Crippen LogP contribution in [0, 0.1) is 0 Å². The van der Waals surface area contributed by atoms with E-state index in [1.807, 2.05) is 0 Å². The summed E-state index contributed by atoms with van der Waals surface area (Å²) >= 11 is 0. The third-order valence-corrected chi connectivity index (χ3v) is 3.32. The highest BCUT2D eigenvalue weighted by atomic mass is 15.3. The summed E-state index contributed by atoms with van der Waals surface area (Å²) < 4.78 is 0. The van der Waals surface area contributed by atoms with Gasteiger partial charge in [0.1, 0.15) is 0 Å². The first-order valence-corrected chi connectivity index (χ1v) is 6.27. The number of likely N-dealkylation sites (N-methyl/N-ethyl adjacent to an activating group) is 1. The number of rotatable bonds is 5. The molecule has 2 unspecified atom stereocenters. The minimum Gasteiger partial charge on any atom is -0.328 e. The second-order valence-electron chi connectivity index (χ2n) is 5.12. The minimum atomic E-state index is 0.370. The molecule has 0 aromatic heterocycles. The summed E-state index contributed by atoms with van der Waals surface area (Å²) in [5.41, 5.74) is 5.74. The molecular formula is C12H27N3. The fraction of sp³-hybridized carbons (Fsp3) is 1.00. The predicted molar refractivity (Wildman–Crippen MR) is 66.0 cm³/mol. The quantitative estimate of drug-likeness (QED) is 0.695. The van der Waals surface area contributed by atoms with E-state index in [4.69, 9.17) is 5.73 Å². The zero-order valence-electron chi connectivity index (χ0n) is 10.6. The molecule has 0 spiro atoms. The summed E-state index contributed by atoms with van der Waals surface area (Å²) in [5.74, 6) is 0. The fourth-order valence-corrected chi connectivity index (χ4v) is 2.29. The van der Waals surface area contributed by atoms with Gasteiger partial charge >= 0.3 is 0 Å². The van der Waals surface area contributed by atoms with Crippen molar-refractivity contribution in [2.45, 2.75) is 45.2 Å². The topological polar surface area (TPSA) is 32.5 Å². The number of hydrogen-bond acceptors (Lipinski definition) is 3. The summed E-state index contributed by atoms with van der Waals surface area (Å²) in [6.45, 7) is 9.35. The van der Waals surface area contributed by atoms with Crippen LogP contribution >= 0.6 is 0 Å². The zero-order valence-corrected chi connectivity index (χ0v) is 10.6. The molecule has 2 atom stereocenters. The molecule has 3 nitrogen and oxygen atoms in total. The molecule has 3 heteroatoms. The number of unbranched alkanes of at least 4 members (excludes halogenated alkanes) is 1. The average molecular weight is 213 g/mol. The Kier molecular flexibility index (Phi) is 5.58. The van der Waals surface area contributed by atoms with Gasteiger partial charge < -0.3 is 10.6 Å². The maximum atomic E-state index is 5.74. The molecule has 0 aromatic rings. The molecule has 1 aliphatic heterocycles. The van der Waals surface area contributed by atoms with E-state index in [0.717, 1.165) is 6.04 Å². The second kappa shape index (κ2) is 6.46. The highest BCUT2D eigenvalue weighted by molar-refractivity contribution is 4.77. The summed E-state index contributed by atoms with van der Waals surface area (Å²) in [7, 11) is 2.21. The molecule has 1 rings (SSSR count). The van der Waals surface area contributed by atoms with Crippen LogP contribution in [0.1, 0.15) is 33.1 Å². The fourth-order valence-electron chi connectivity index (χ4n) is 2.29. The largest absolute Gasteiger partial charge is 0.328 e. The van der Waals surface area contributed by atoms with Gasteiger partial charge in [-0.05, 0) is 40.3 Å². The molecular weight excluding hydrogens is 186 g/mol. The van der Waals surface area contributed by atoms with Crippen LogP contribution in [0.2, 0.25) is 0 Å². The highest BCUT2D eigenvalue weighted by Crippen LogP contribution is 2.09. The van der Waals surface area contributed by atoms with E-state index < -0.39 is 0 Å². The van der Waals surface area contributed by atoms with Gasteiger partial charge in [0.2, 0.25) is 0 Å². The molecule has 0 aromatic carbocycles. The maximum absolute atomic E-state index is 5.74. The first-order valence-electron chi connectivity index (χ1n) is 6.27. The van der Waals surface area contributed by atoms with Crippen LogP contribution < -0.4 is 5.73 Å². The molecule has 0 amide bonds. The van der Waals surface area contributed by atoms with Crippen LogP contribution in [0.15, 0.2) is 0 Å². The van der Waals surface area contributed by atoms with Gasteiger partial charge in [-0.15, -0.1) is 0 Å². The minimum absolute atomic E-state index is 0.370. The maximum Gasteiger partial charge on any atom is 0.0195 e. The standard InChI is InChI=1S/C12H27N3/c1-11(13)6-4-5-7-15-9-8-14(3)10-12(15)2/h11-12H,4-10,13H2,1-3H3. The van der Waals surface area contributed by atoms with Gasteiger partial charge in [0.25, 0.3) is 0 Å². The first kappa shape index (κ1) is 12.9. The molecule has 1 heterocycles. The van der Waals surface area contributed by atoms with Crippen molar-refractivity contribution in [2.24, 2.45) is 5.73 Å². The van der Waals surface area contributed by atoms with E-state index >= 15 is 0 Å². The van der Waals surface area contributed by atoms with Crippen molar-refractivity contribution < 1.29 is 0 Å². The van der Waals surface area contributed by atoms with Crippen LogP contribution in [0.4, 0.5) is 0 Å². The normalized spacial score (nSPS) is 26.8. The second-order valence-corrected chi connectivity index (χ2v) is 5.12. The van der Waals surface area contributed by atoms with Gasteiger partial charge in [-0.2, -0.15) is 0 Å². The average Bonchev–Trinajstić information content (AvgIpc) is 2.14. The SMILES string of the molecule is CC(N)CCCCN1CCN(C)CC1C. The van der Waals surface area contributed by atoms with Crippen molar-refractivity contribution in [3.8, 4) is 0 Å². The lowest BCUT2D eigenvalue weighted by molar-refractivity contribution is 0.0983. The van der Waals surface area contributed by atoms with E-state index in [1.165, 1.54) is 45.4 Å². The number of piperazine rings is 1. The molecule has 1 aliphatic rings. The summed E-state index contributed by atoms with van der Waals surface area (Å²) in [5, 5.41) is 0. The summed E-state index contributed by atoms with van der Waals surface area (Å²) in [6, 6.07) is 1.09. The molecule has 1 fully saturated rings. The van der Waals surface area contributed by atoms with E-state index in [0.29, 0.717) is 6.04 Å². The van der Waals surface area contributed by atoms with E-state index in [9.17, 15) is 0 Å². The molecule has 15 heavy (non-hydrogen) atoms. The predicted octanol–water partition coefficient (Wildman–Crippen LogP) is 1.14. The molecule has 0 radical (unpaired) electrons.